The Morgan fingerprint density at radius 2 is 2.31 bits per heavy atom. The summed E-state index contributed by atoms with van der Waals surface area (Å²) in [6.45, 7) is 0.647. The quantitative estimate of drug-likeness (QED) is 0.839. The first-order valence-electron chi connectivity index (χ1n) is 5.04. The van der Waals surface area contributed by atoms with E-state index < -0.39 is 5.97 Å². The van der Waals surface area contributed by atoms with Gasteiger partial charge in [-0.15, -0.1) is 0 Å². The van der Waals surface area contributed by atoms with Crippen LogP contribution in [0.25, 0.3) is 0 Å². The minimum Gasteiger partial charge on any atom is -0.477 e. The molecule has 2 rings (SSSR count). The number of carboxylic acid groups (broad SMARTS) is 1. The molecule has 0 fully saturated rings. The molecule has 5 nitrogen and oxygen atoms in total. The molecule has 0 spiro atoms. The van der Waals surface area contributed by atoms with E-state index in [9.17, 15) is 4.79 Å². The van der Waals surface area contributed by atoms with E-state index in [0.717, 1.165) is 12.1 Å². The predicted octanol–water partition coefficient (Wildman–Crippen LogP) is 1.16. The zero-order valence-corrected chi connectivity index (χ0v) is 9.00. The van der Waals surface area contributed by atoms with Crippen molar-refractivity contribution in [1.29, 1.82) is 0 Å². The number of aromatic carboxylic acids is 1. The Hall–Kier alpha value is -2.04. The molecule has 0 saturated heterocycles. The summed E-state index contributed by atoms with van der Waals surface area (Å²) in [5.41, 5.74) is 1.41. The summed E-state index contributed by atoms with van der Waals surface area (Å²) < 4.78 is 3.53. The van der Waals surface area contributed by atoms with E-state index >= 15 is 0 Å². The van der Waals surface area contributed by atoms with Crippen LogP contribution in [0.5, 0.6) is 0 Å². The van der Waals surface area contributed by atoms with E-state index in [1.807, 2.05) is 13.1 Å². The van der Waals surface area contributed by atoms with Gasteiger partial charge in [0.05, 0.1) is 0 Å². The lowest BCUT2D eigenvalue weighted by Gasteiger charge is -2.06. The molecule has 84 valence electrons. The molecule has 0 aliphatic rings. The number of carboxylic acids is 1. The minimum atomic E-state index is -0.894. The van der Waals surface area contributed by atoms with Crippen LogP contribution < -0.4 is 0 Å². The van der Waals surface area contributed by atoms with Crippen molar-refractivity contribution in [3.8, 4) is 0 Å². The van der Waals surface area contributed by atoms with Gasteiger partial charge in [-0.2, -0.15) is 5.10 Å². The van der Waals surface area contributed by atoms with Crippen molar-refractivity contribution in [2.75, 3.05) is 0 Å². The third kappa shape index (κ3) is 1.98. The number of aromatic nitrogens is 3. The Morgan fingerprint density at radius 3 is 2.94 bits per heavy atom. The lowest BCUT2D eigenvalue weighted by Crippen LogP contribution is -2.10. The zero-order valence-electron chi connectivity index (χ0n) is 9.00. The molecule has 0 saturated carbocycles. The molecule has 0 aromatic carbocycles. The molecule has 0 amide bonds. The van der Waals surface area contributed by atoms with Crippen molar-refractivity contribution in [3.05, 3.63) is 42.0 Å². The van der Waals surface area contributed by atoms with Gasteiger partial charge in [-0.25, -0.2) is 4.79 Å². The van der Waals surface area contributed by atoms with Gasteiger partial charge in [-0.05, 0) is 18.2 Å². The molecule has 0 aliphatic carbocycles. The molecule has 0 unspecified atom stereocenters. The average molecular weight is 219 g/mol. The van der Waals surface area contributed by atoms with E-state index in [2.05, 4.69) is 5.10 Å². The first-order valence-corrected chi connectivity index (χ1v) is 5.04. The number of aryl methyl sites for hydroxylation is 3. The molecule has 2 heterocycles. The smallest absolute Gasteiger partial charge is 0.352 e. The molecular weight excluding hydrogens is 206 g/mol. The normalized spacial score (nSPS) is 10.6. The first kappa shape index (κ1) is 10.5. The van der Waals surface area contributed by atoms with Gasteiger partial charge in [0.1, 0.15) is 5.69 Å². The summed E-state index contributed by atoms with van der Waals surface area (Å²) in [6.07, 6.45) is 4.29. The lowest BCUT2D eigenvalue weighted by atomic mass is 10.3. The summed E-state index contributed by atoms with van der Waals surface area (Å²) in [5.74, 6) is -0.894. The zero-order chi connectivity index (χ0) is 11.5. The van der Waals surface area contributed by atoms with Crippen LogP contribution in [0.4, 0.5) is 0 Å². The monoisotopic (exact) mass is 219 g/mol. The van der Waals surface area contributed by atoms with Crippen molar-refractivity contribution >= 4 is 5.97 Å². The lowest BCUT2D eigenvalue weighted by molar-refractivity contribution is 0.0685. The Bertz CT molecular complexity index is 499. The molecule has 16 heavy (non-hydrogen) atoms. The standard InChI is InChI=1S/C11H13N3O2/c1-13-9(4-6-12-13)5-8-14-7-2-3-10(14)11(15)16/h2-4,6-7H,5,8H2,1H3,(H,15,16). The second kappa shape index (κ2) is 4.22. The van der Waals surface area contributed by atoms with E-state index in [-0.39, 0.29) is 0 Å². The molecular formula is C11H13N3O2. The minimum absolute atomic E-state index is 0.321. The Morgan fingerprint density at radius 1 is 1.50 bits per heavy atom. The second-order valence-corrected chi connectivity index (χ2v) is 3.59. The highest BCUT2D eigenvalue weighted by Crippen LogP contribution is 2.05. The maximum Gasteiger partial charge on any atom is 0.352 e. The van der Waals surface area contributed by atoms with Crippen molar-refractivity contribution in [3.63, 3.8) is 0 Å². The van der Waals surface area contributed by atoms with E-state index in [1.54, 1.807) is 33.8 Å². The Labute approximate surface area is 92.9 Å². The average Bonchev–Trinajstić information content (AvgIpc) is 2.83. The van der Waals surface area contributed by atoms with E-state index in [0.29, 0.717) is 12.2 Å². The summed E-state index contributed by atoms with van der Waals surface area (Å²) in [5, 5.41) is 13.0. The maximum absolute atomic E-state index is 10.9. The van der Waals surface area contributed by atoms with Gasteiger partial charge < -0.3 is 9.67 Å². The van der Waals surface area contributed by atoms with Crippen LogP contribution >= 0.6 is 0 Å². The van der Waals surface area contributed by atoms with Gasteiger partial charge in [0.2, 0.25) is 0 Å². The van der Waals surface area contributed by atoms with Crippen molar-refractivity contribution in [2.24, 2.45) is 7.05 Å². The largest absolute Gasteiger partial charge is 0.477 e. The van der Waals surface area contributed by atoms with Crippen molar-refractivity contribution in [1.82, 2.24) is 14.3 Å². The first-order chi connectivity index (χ1) is 7.68. The Balaban J connectivity index is 2.08. The second-order valence-electron chi connectivity index (χ2n) is 3.59. The van der Waals surface area contributed by atoms with Gasteiger partial charge in [0, 0.05) is 38.1 Å². The van der Waals surface area contributed by atoms with Crippen LogP contribution in [0.15, 0.2) is 30.6 Å². The molecule has 2 aromatic rings. The molecule has 0 atom stereocenters. The Kier molecular flexibility index (Phi) is 2.76. The fourth-order valence-electron chi connectivity index (χ4n) is 1.68. The predicted molar refractivity (Wildman–Crippen MR) is 58.3 cm³/mol. The molecule has 0 bridgehead atoms. The summed E-state index contributed by atoms with van der Waals surface area (Å²) >= 11 is 0. The highest BCUT2D eigenvalue weighted by Gasteiger charge is 2.08. The third-order valence-corrected chi connectivity index (χ3v) is 2.58. The molecule has 0 radical (unpaired) electrons. The highest BCUT2D eigenvalue weighted by atomic mass is 16.4. The summed E-state index contributed by atoms with van der Waals surface area (Å²) in [7, 11) is 1.88. The number of carbonyl (C=O) groups is 1. The molecule has 1 N–H and O–H groups in total. The van der Waals surface area contributed by atoms with Crippen LogP contribution in [0, 0.1) is 0 Å². The van der Waals surface area contributed by atoms with Crippen molar-refractivity contribution < 1.29 is 9.90 Å². The van der Waals surface area contributed by atoms with Gasteiger partial charge >= 0.3 is 5.97 Å². The highest BCUT2D eigenvalue weighted by molar-refractivity contribution is 5.85. The third-order valence-electron chi connectivity index (χ3n) is 2.58. The van der Waals surface area contributed by atoms with E-state index in [4.69, 9.17) is 5.11 Å². The number of rotatable bonds is 4. The van der Waals surface area contributed by atoms with Gasteiger partial charge in [-0.1, -0.05) is 0 Å². The van der Waals surface area contributed by atoms with E-state index in [1.165, 1.54) is 0 Å². The SMILES string of the molecule is Cn1nccc1CCn1cccc1C(=O)O. The fourth-order valence-corrected chi connectivity index (χ4v) is 1.68. The summed E-state index contributed by atoms with van der Waals surface area (Å²) in [4.78, 5) is 10.9. The summed E-state index contributed by atoms with van der Waals surface area (Å²) in [6, 6.07) is 5.28. The number of nitrogens with zero attached hydrogens (tertiary/aromatic N) is 3. The van der Waals surface area contributed by atoms with Crippen LogP contribution in [0.3, 0.4) is 0 Å². The topological polar surface area (TPSA) is 60.0 Å². The van der Waals surface area contributed by atoms with Gasteiger partial charge in [0.15, 0.2) is 0 Å². The number of hydrogen-bond donors (Lipinski definition) is 1. The van der Waals surface area contributed by atoms with Gasteiger partial charge in [-0.3, -0.25) is 4.68 Å². The molecule has 0 aliphatic heterocycles. The fraction of sp³-hybridized carbons (Fsp3) is 0.273. The van der Waals surface area contributed by atoms with Crippen molar-refractivity contribution in [2.45, 2.75) is 13.0 Å². The molecule has 2 aromatic heterocycles. The van der Waals surface area contributed by atoms with Crippen LogP contribution in [-0.2, 0) is 20.0 Å². The van der Waals surface area contributed by atoms with Crippen LogP contribution in [0.1, 0.15) is 16.2 Å². The maximum atomic E-state index is 10.9. The van der Waals surface area contributed by atoms with Crippen LogP contribution in [0.2, 0.25) is 0 Å². The number of hydrogen-bond acceptors (Lipinski definition) is 2. The van der Waals surface area contributed by atoms with Crippen LogP contribution in [-0.4, -0.2) is 25.4 Å². The van der Waals surface area contributed by atoms with Gasteiger partial charge in [0.25, 0.3) is 0 Å². The molecule has 5 heteroatoms.